The maximum absolute atomic E-state index is 11.8. The van der Waals surface area contributed by atoms with Crippen LogP contribution in [0, 0.1) is 0 Å². The van der Waals surface area contributed by atoms with E-state index < -0.39 is 0 Å². The Balaban J connectivity index is 2.30. The lowest BCUT2D eigenvalue weighted by molar-refractivity contribution is -0.117. The van der Waals surface area contributed by atoms with Crippen molar-refractivity contribution in [1.29, 1.82) is 0 Å². The largest absolute Gasteiger partial charge is 0.497 e. The lowest BCUT2D eigenvalue weighted by Gasteiger charge is -2.14. The van der Waals surface area contributed by atoms with E-state index in [1.54, 1.807) is 26.2 Å². The predicted molar refractivity (Wildman–Crippen MR) is 65.7 cm³/mol. The van der Waals surface area contributed by atoms with Gasteiger partial charge in [-0.05, 0) is 43.4 Å². The molecule has 1 heterocycles. The molecule has 1 atom stereocenters. The Kier molecular flexibility index (Phi) is 2.78. The summed E-state index contributed by atoms with van der Waals surface area (Å²) in [5.41, 5.74) is 0.757. The predicted octanol–water partition coefficient (Wildman–Crippen LogP) is 1.30. The fraction of sp³-hybridized carbons (Fsp3) is 0.273. The van der Waals surface area contributed by atoms with Crippen LogP contribution in [-0.2, 0) is 4.79 Å². The van der Waals surface area contributed by atoms with Gasteiger partial charge in [-0.2, -0.15) is 0 Å². The van der Waals surface area contributed by atoms with Crippen molar-refractivity contribution >= 4 is 28.9 Å². The summed E-state index contributed by atoms with van der Waals surface area (Å²) in [6.45, 7) is 1.79. The summed E-state index contributed by atoms with van der Waals surface area (Å²) in [5, 5.41) is 3.37. The highest BCUT2D eigenvalue weighted by Gasteiger charge is 2.33. The number of nitrogens with zero attached hydrogens (tertiary/aromatic N) is 1. The Morgan fingerprint density at radius 1 is 1.38 bits per heavy atom. The first-order valence-corrected chi connectivity index (χ1v) is 5.33. The second kappa shape index (κ2) is 4.09. The van der Waals surface area contributed by atoms with E-state index in [0.717, 1.165) is 11.4 Å². The van der Waals surface area contributed by atoms with E-state index in [4.69, 9.17) is 17.0 Å². The maximum atomic E-state index is 11.8. The molecular formula is C11H12N2O2S. The second-order valence-electron chi connectivity index (χ2n) is 3.54. The topological polar surface area (TPSA) is 41.6 Å². The lowest BCUT2D eigenvalue weighted by Crippen LogP contribution is -2.30. The number of amides is 1. The second-order valence-corrected chi connectivity index (χ2v) is 3.93. The van der Waals surface area contributed by atoms with Crippen molar-refractivity contribution in [1.82, 2.24) is 5.32 Å². The van der Waals surface area contributed by atoms with Crippen molar-refractivity contribution in [3.8, 4) is 5.75 Å². The van der Waals surface area contributed by atoms with Crippen LogP contribution >= 0.6 is 12.2 Å². The average Bonchev–Trinajstić information content (AvgIpc) is 2.54. The quantitative estimate of drug-likeness (QED) is 0.786. The minimum Gasteiger partial charge on any atom is -0.497 e. The summed E-state index contributed by atoms with van der Waals surface area (Å²) in [7, 11) is 1.60. The van der Waals surface area contributed by atoms with Crippen LogP contribution < -0.4 is 15.0 Å². The smallest absolute Gasteiger partial charge is 0.255 e. The van der Waals surface area contributed by atoms with E-state index in [0.29, 0.717) is 5.11 Å². The highest BCUT2D eigenvalue weighted by Crippen LogP contribution is 2.22. The zero-order chi connectivity index (χ0) is 11.7. The molecule has 0 aliphatic carbocycles. The summed E-state index contributed by atoms with van der Waals surface area (Å²) in [6, 6.07) is 6.96. The van der Waals surface area contributed by atoms with Crippen LogP contribution in [0.25, 0.3) is 0 Å². The first-order chi connectivity index (χ1) is 7.63. The molecule has 84 valence electrons. The van der Waals surface area contributed by atoms with Crippen LogP contribution in [0.15, 0.2) is 24.3 Å². The number of rotatable bonds is 2. The number of benzene rings is 1. The highest BCUT2D eigenvalue weighted by atomic mass is 32.1. The van der Waals surface area contributed by atoms with Gasteiger partial charge in [-0.3, -0.25) is 9.69 Å². The highest BCUT2D eigenvalue weighted by molar-refractivity contribution is 7.80. The summed E-state index contributed by atoms with van der Waals surface area (Å²) < 4.78 is 5.05. The summed E-state index contributed by atoms with van der Waals surface area (Å²) >= 11 is 5.10. The van der Waals surface area contributed by atoms with Gasteiger partial charge in [0, 0.05) is 0 Å². The Hall–Kier alpha value is -1.62. The molecule has 0 saturated carbocycles. The molecule has 1 unspecified atom stereocenters. The van der Waals surface area contributed by atoms with Crippen molar-refractivity contribution in [3.05, 3.63) is 24.3 Å². The molecule has 0 bridgehead atoms. The van der Waals surface area contributed by atoms with Gasteiger partial charge in [0.15, 0.2) is 5.11 Å². The van der Waals surface area contributed by atoms with Crippen LogP contribution in [0.1, 0.15) is 6.92 Å². The molecule has 1 aromatic carbocycles. The zero-order valence-electron chi connectivity index (χ0n) is 9.06. The van der Waals surface area contributed by atoms with E-state index >= 15 is 0 Å². The van der Waals surface area contributed by atoms with Crippen molar-refractivity contribution < 1.29 is 9.53 Å². The van der Waals surface area contributed by atoms with E-state index in [1.165, 1.54) is 4.90 Å². The average molecular weight is 236 g/mol. The van der Waals surface area contributed by atoms with E-state index in [1.807, 2.05) is 12.1 Å². The molecule has 1 aliphatic heterocycles. The van der Waals surface area contributed by atoms with Crippen molar-refractivity contribution in [3.63, 3.8) is 0 Å². The van der Waals surface area contributed by atoms with Crippen LogP contribution in [0.3, 0.4) is 0 Å². The fourth-order valence-corrected chi connectivity index (χ4v) is 1.95. The SMILES string of the molecule is COc1ccc(N2C(=O)C(C)NC2=S)cc1. The molecular weight excluding hydrogens is 224 g/mol. The van der Waals surface area contributed by atoms with Crippen molar-refractivity contribution in [2.75, 3.05) is 12.0 Å². The Labute approximate surface area is 99.2 Å². The first kappa shape index (κ1) is 10.9. The van der Waals surface area contributed by atoms with Gasteiger partial charge in [0.1, 0.15) is 11.8 Å². The number of nitrogens with one attached hydrogen (secondary N) is 1. The van der Waals surface area contributed by atoms with Gasteiger partial charge in [-0.15, -0.1) is 0 Å². The van der Waals surface area contributed by atoms with Gasteiger partial charge in [-0.1, -0.05) is 0 Å². The Bertz CT molecular complexity index is 430. The van der Waals surface area contributed by atoms with E-state index in [2.05, 4.69) is 5.32 Å². The third-order valence-corrected chi connectivity index (χ3v) is 2.76. The molecule has 1 aromatic rings. The Morgan fingerprint density at radius 3 is 2.44 bits per heavy atom. The van der Waals surface area contributed by atoms with Gasteiger partial charge in [0.25, 0.3) is 5.91 Å². The molecule has 4 nitrogen and oxygen atoms in total. The van der Waals surface area contributed by atoms with Crippen LogP contribution in [0.5, 0.6) is 5.75 Å². The van der Waals surface area contributed by atoms with E-state index in [9.17, 15) is 4.79 Å². The third-order valence-electron chi connectivity index (χ3n) is 2.46. The minimum atomic E-state index is -0.255. The number of carbonyl (C=O) groups excluding carboxylic acids is 1. The first-order valence-electron chi connectivity index (χ1n) is 4.92. The maximum Gasteiger partial charge on any atom is 0.255 e. The molecule has 2 rings (SSSR count). The molecule has 1 fully saturated rings. The van der Waals surface area contributed by atoms with Gasteiger partial charge in [-0.25, -0.2) is 0 Å². The van der Waals surface area contributed by atoms with Gasteiger partial charge in [0.2, 0.25) is 0 Å². The number of anilines is 1. The van der Waals surface area contributed by atoms with Gasteiger partial charge in [0.05, 0.1) is 12.8 Å². The molecule has 1 saturated heterocycles. The molecule has 5 heteroatoms. The molecule has 0 spiro atoms. The molecule has 0 aromatic heterocycles. The van der Waals surface area contributed by atoms with Crippen LogP contribution in [0.4, 0.5) is 5.69 Å². The fourth-order valence-electron chi connectivity index (χ4n) is 1.58. The number of hydrogen-bond donors (Lipinski definition) is 1. The van der Waals surface area contributed by atoms with Gasteiger partial charge < -0.3 is 10.1 Å². The summed E-state index contributed by atoms with van der Waals surface area (Å²) in [5.74, 6) is 0.720. The van der Waals surface area contributed by atoms with Gasteiger partial charge >= 0.3 is 0 Å². The van der Waals surface area contributed by atoms with Crippen LogP contribution in [-0.4, -0.2) is 24.2 Å². The summed E-state index contributed by atoms with van der Waals surface area (Å²) in [4.78, 5) is 13.3. The van der Waals surface area contributed by atoms with Crippen molar-refractivity contribution in [2.24, 2.45) is 0 Å². The molecule has 1 N–H and O–H groups in total. The molecule has 16 heavy (non-hydrogen) atoms. The molecule has 1 aliphatic rings. The molecule has 1 amide bonds. The zero-order valence-corrected chi connectivity index (χ0v) is 9.88. The standard InChI is InChI=1S/C11H12N2O2S/c1-7-10(14)13(11(16)12-7)8-3-5-9(15-2)6-4-8/h3-7H,1-2H3,(H,12,16). The summed E-state index contributed by atoms with van der Waals surface area (Å²) in [6.07, 6.45) is 0. The van der Waals surface area contributed by atoms with Crippen molar-refractivity contribution in [2.45, 2.75) is 13.0 Å². The normalized spacial score (nSPS) is 19.9. The number of carbonyl (C=O) groups is 1. The van der Waals surface area contributed by atoms with Crippen LogP contribution in [0.2, 0.25) is 0 Å². The number of methoxy groups -OCH3 is 1. The monoisotopic (exact) mass is 236 g/mol. The minimum absolute atomic E-state index is 0.0323. The van der Waals surface area contributed by atoms with E-state index in [-0.39, 0.29) is 11.9 Å². The third kappa shape index (κ3) is 1.74. The number of thiocarbonyl (C=S) groups is 1. The lowest BCUT2D eigenvalue weighted by atomic mass is 10.2. The number of hydrogen-bond acceptors (Lipinski definition) is 3. The Morgan fingerprint density at radius 2 is 2.00 bits per heavy atom. The number of ether oxygens (including phenoxy) is 1. The molecule has 0 radical (unpaired) electrons.